The lowest BCUT2D eigenvalue weighted by Crippen LogP contribution is -2.29. The lowest BCUT2D eigenvalue weighted by molar-refractivity contribution is 0.0600. The van der Waals surface area contributed by atoms with Crippen molar-refractivity contribution >= 4 is 21.9 Å². The van der Waals surface area contributed by atoms with E-state index in [1.807, 2.05) is 6.07 Å². The van der Waals surface area contributed by atoms with Crippen LogP contribution in [0.2, 0.25) is 0 Å². The van der Waals surface area contributed by atoms with E-state index >= 15 is 0 Å². The van der Waals surface area contributed by atoms with Crippen LogP contribution in [0.4, 0.5) is 0 Å². The molecule has 0 fully saturated rings. The van der Waals surface area contributed by atoms with Crippen molar-refractivity contribution in [3.63, 3.8) is 0 Å². The summed E-state index contributed by atoms with van der Waals surface area (Å²) in [5, 5.41) is 12.3. The first kappa shape index (κ1) is 16.1. The monoisotopic (exact) mass is 329 g/mol. The van der Waals surface area contributed by atoms with Crippen LogP contribution >= 0.6 is 15.9 Å². The van der Waals surface area contributed by atoms with Gasteiger partial charge in [0.2, 0.25) is 0 Å². The van der Waals surface area contributed by atoms with E-state index in [4.69, 9.17) is 5.11 Å². The molecule has 4 nitrogen and oxygen atoms in total. The van der Waals surface area contributed by atoms with Crippen LogP contribution in [-0.2, 0) is 11.3 Å². The van der Waals surface area contributed by atoms with Crippen LogP contribution < -0.4 is 5.32 Å². The zero-order valence-electron chi connectivity index (χ0n) is 11.3. The predicted octanol–water partition coefficient (Wildman–Crippen LogP) is 2.49. The lowest BCUT2D eigenvalue weighted by atomic mass is 10.1. The highest BCUT2D eigenvalue weighted by Gasteiger charge is 2.10. The summed E-state index contributed by atoms with van der Waals surface area (Å²) in [5.41, 5.74) is 1.60. The van der Waals surface area contributed by atoms with Crippen molar-refractivity contribution in [2.24, 2.45) is 0 Å². The van der Waals surface area contributed by atoms with Gasteiger partial charge in [0.05, 0.1) is 12.7 Å². The number of rotatable bonds is 7. The molecule has 0 aliphatic carbocycles. The topological polar surface area (TPSA) is 58.6 Å². The molecule has 1 unspecified atom stereocenters. The van der Waals surface area contributed by atoms with Crippen molar-refractivity contribution in [3.8, 4) is 0 Å². The minimum atomic E-state index is -0.341. The number of nitrogens with one attached hydrogen (secondary N) is 1. The number of methoxy groups -OCH3 is 1. The Morgan fingerprint density at radius 2 is 2.26 bits per heavy atom. The molecule has 106 valence electrons. The number of hydrogen-bond acceptors (Lipinski definition) is 4. The van der Waals surface area contributed by atoms with Crippen LogP contribution in [0, 0.1) is 0 Å². The third-order valence-corrected chi connectivity index (χ3v) is 3.76. The molecule has 0 aliphatic heterocycles. The van der Waals surface area contributed by atoms with Gasteiger partial charge < -0.3 is 15.2 Å². The fourth-order valence-electron chi connectivity index (χ4n) is 1.80. The molecule has 0 amide bonds. The Morgan fingerprint density at radius 1 is 1.53 bits per heavy atom. The average molecular weight is 330 g/mol. The summed E-state index contributed by atoms with van der Waals surface area (Å²) in [6.07, 6.45) is 1.72. The summed E-state index contributed by atoms with van der Waals surface area (Å²) in [4.78, 5) is 11.4. The predicted molar refractivity (Wildman–Crippen MR) is 78.1 cm³/mol. The maximum absolute atomic E-state index is 11.4. The third kappa shape index (κ3) is 4.93. The Hall–Kier alpha value is -0.910. The molecule has 0 spiro atoms. The molecular formula is C14H20BrNO3. The van der Waals surface area contributed by atoms with Crippen molar-refractivity contribution in [2.75, 3.05) is 13.7 Å². The van der Waals surface area contributed by atoms with Gasteiger partial charge in [-0.1, -0.05) is 28.9 Å². The molecule has 0 aromatic heterocycles. The molecule has 1 aromatic rings. The molecule has 0 saturated heterocycles. The quantitative estimate of drug-likeness (QED) is 0.754. The SMILES string of the molecule is CCC(CCO)NCc1ccc(C(=O)OC)cc1Br. The molecule has 2 N–H and O–H groups in total. The second-order valence-electron chi connectivity index (χ2n) is 4.30. The van der Waals surface area contributed by atoms with E-state index in [2.05, 4.69) is 32.9 Å². The number of hydrogen-bond donors (Lipinski definition) is 2. The molecule has 1 atom stereocenters. The number of halogens is 1. The maximum Gasteiger partial charge on any atom is 0.337 e. The third-order valence-electron chi connectivity index (χ3n) is 3.03. The van der Waals surface area contributed by atoms with Gasteiger partial charge >= 0.3 is 5.97 Å². The molecule has 0 heterocycles. The maximum atomic E-state index is 11.4. The highest BCUT2D eigenvalue weighted by atomic mass is 79.9. The van der Waals surface area contributed by atoms with Gasteiger partial charge in [-0.15, -0.1) is 0 Å². The summed E-state index contributed by atoms with van der Waals surface area (Å²) < 4.78 is 5.55. The first-order valence-corrected chi connectivity index (χ1v) is 7.12. The van der Waals surface area contributed by atoms with Crippen LogP contribution in [0.15, 0.2) is 22.7 Å². The average Bonchev–Trinajstić information content (AvgIpc) is 2.43. The van der Waals surface area contributed by atoms with E-state index < -0.39 is 0 Å². The van der Waals surface area contributed by atoms with Crippen molar-refractivity contribution in [1.82, 2.24) is 5.32 Å². The van der Waals surface area contributed by atoms with Gasteiger partial charge in [0.1, 0.15) is 0 Å². The Labute approximate surface area is 122 Å². The minimum absolute atomic E-state index is 0.188. The second kappa shape index (κ2) is 8.30. The zero-order chi connectivity index (χ0) is 14.3. The van der Waals surface area contributed by atoms with Gasteiger partial charge in [-0.3, -0.25) is 0 Å². The highest BCUT2D eigenvalue weighted by molar-refractivity contribution is 9.10. The number of benzene rings is 1. The van der Waals surface area contributed by atoms with E-state index in [9.17, 15) is 4.79 Å². The molecule has 0 radical (unpaired) electrons. The Balaban J connectivity index is 2.67. The van der Waals surface area contributed by atoms with Crippen molar-refractivity contribution in [1.29, 1.82) is 0 Å². The van der Waals surface area contributed by atoms with E-state index in [1.54, 1.807) is 12.1 Å². The van der Waals surface area contributed by atoms with Crippen molar-refractivity contribution in [2.45, 2.75) is 32.4 Å². The summed E-state index contributed by atoms with van der Waals surface area (Å²) in [6, 6.07) is 5.71. The van der Waals surface area contributed by atoms with Crippen LogP contribution in [0.5, 0.6) is 0 Å². The van der Waals surface area contributed by atoms with Crippen LogP contribution in [0.3, 0.4) is 0 Å². The standard InChI is InChI=1S/C14H20BrNO3/c1-3-12(6-7-17)16-9-11-5-4-10(8-13(11)15)14(18)19-2/h4-5,8,12,16-17H,3,6-7,9H2,1-2H3. The molecule has 19 heavy (non-hydrogen) atoms. The molecule has 5 heteroatoms. The van der Waals surface area contributed by atoms with Crippen molar-refractivity contribution in [3.05, 3.63) is 33.8 Å². The van der Waals surface area contributed by atoms with Gasteiger partial charge in [0.15, 0.2) is 0 Å². The fourth-order valence-corrected chi connectivity index (χ4v) is 2.32. The van der Waals surface area contributed by atoms with Crippen LogP contribution in [0.1, 0.15) is 35.7 Å². The first-order valence-electron chi connectivity index (χ1n) is 6.33. The normalized spacial score (nSPS) is 12.2. The fraction of sp³-hybridized carbons (Fsp3) is 0.500. The summed E-state index contributed by atoms with van der Waals surface area (Å²) >= 11 is 3.46. The van der Waals surface area contributed by atoms with E-state index in [0.717, 1.165) is 22.9 Å². The number of carbonyl (C=O) groups is 1. The molecular weight excluding hydrogens is 310 g/mol. The Bertz CT molecular complexity index is 423. The Morgan fingerprint density at radius 3 is 2.79 bits per heavy atom. The van der Waals surface area contributed by atoms with Gasteiger partial charge in [0, 0.05) is 23.7 Å². The summed E-state index contributed by atoms with van der Waals surface area (Å²) in [6.45, 7) is 2.97. The van der Waals surface area contributed by atoms with E-state index in [0.29, 0.717) is 18.2 Å². The highest BCUT2D eigenvalue weighted by Crippen LogP contribution is 2.19. The zero-order valence-corrected chi connectivity index (χ0v) is 12.9. The number of esters is 1. The van der Waals surface area contributed by atoms with Gasteiger partial charge in [-0.05, 0) is 30.5 Å². The number of aliphatic hydroxyl groups excluding tert-OH is 1. The van der Waals surface area contributed by atoms with Gasteiger partial charge in [0.25, 0.3) is 0 Å². The van der Waals surface area contributed by atoms with Crippen LogP contribution in [0.25, 0.3) is 0 Å². The lowest BCUT2D eigenvalue weighted by Gasteiger charge is -2.16. The number of carbonyl (C=O) groups excluding carboxylic acids is 1. The van der Waals surface area contributed by atoms with Gasteiger partial charge in [-0.25, -0.2) is 4.79 Å². The molecule has 1 rings (SSSR count). The molecule has 1 aromatic carbocycles. The number of ether oxygens (including phenoxy) is 1. The minimum Gasteiger partial charge on any atom is -0.465 e. The molecule has 0 bridgehead atoms. The second-order valence-corrected chi connectivity index (χ2v) is 5.15. The Kier molecular flexibility index (Phi) is 7.05. The number of aliphatic hydroxyl groups is 1. The van der Waals surface area contributed by atoms with E-state index in [1.165, 1.54) is 7.11 Å². The van der Waals surface area contributed by atoms with Crippen molar-refractivity contribution < 1.29 is 14.6 Å². The van der Waals surface area contributed by atoms with E-state index in [-0.39, 0.29) is 12.6 Å². The first-order chi connectivity index (χ1) is 9.12. The van der Waals surface area contributed by atoms with Gasteiger partial charge in [-0.2, -0.15) is 0 Å². The molecule has 0 saturated carbocycles. The smallest absolute Gasteiger partial charge is 0.337 e. The summed E-state index contributed by atoms with van der Waals surface area (Å²) in [5.74, 6) is -0.341. The largest absolute Gasteiger partial charge is 0.465 e. The van der Waals surface area contributed by atoms with Crippen LogP contribution in [-0.4, -0.2) is 30.8 Å². The molecule has 0 aliphatic rings. The summed E-state index contributed by atoms with van der Waals surface area (Å²) in [7, 11) is 1.37.